The maximum absolute atomic E-state index is 11.1. The molecule has 3 N–H and O–H groups in total. The molecule has 5 heteroatoms. The Kier molecular flexibility index (Phi) is 1.98. The highest BCUT2D eigenvalue weighted by atomic mass is 32.2. The second-order valence-corrected chi connectivity index (χ2v) is 5.48. The Balaban J connectivity index is 2.84. The molecular formula is C6H13NO3S. The van der Waals surface area contributed by atoms with Gasteiger partial charge in [0.2, 0.25) is 0 Å². The smallest absolute Gasteiger partial charge is 0.154 e. The predicted octanol–water partition coefficient (Wildman–Crippen LogP) is -1.26. The molecule has 11 heavy (non-hydrogen) atoms. The highest BCUT2D eigenvalue weighted by Gasteiger charge is 2.60. The SMILES string of the molecule is CS(=O)(=O)C1(CN)CC1CO. The third kappa shape index (κ3) is 1.17. The van der Waals surface area contributed by atoms with Gasteiger partial charge in [-0.25, -0.2) is 8.42 Å². The quantitative estimate of drug-likeness (QED) is 0.566. The summed E-state index contributed by atoms with van der Waals surface area (Å²) in [6.45, 7) is 0.0430. The van der Waals surface area contributed by atoms with Crippen molar-refractivity contribution >= 4 is 9.84 Å². The van der Waals surface area contributed by atoms with E-state index in [-0.39, 0.29) is 19.1 Å². The molecule has 0 saturated heterocycles. The molecule has 1 aliphatic rings. The summed E-state index contributed by atoms with van der Waals surface area (Å²) < 4.78 is 21.4. The molecule has 0 aromatic rings. The summed E-state index contributed by atoms with van der Waals surface area (Å²) in [4.78, 5) is 0. The van der Waals surface area contributed by atoms with Crippen LogP contribution in [0.1, 0.15) is 6.42 Å². The van der Waals surface area contributed by atoms with Crippen molar-refractivity contribution in [1.82, 2.24) is 0 Å². The predicted molar refractivity (Wildman–Crippen MR) is 41.8 cm³/mol. The second-order valence-electron chi connectivity index (χ2n) is 3.12. The fraction of sp³-hybridized carbons (Fsp3) is 1.00. The van der Waals surface area contributed by atoms with E-state index in [2.05, 4.69) is 0 Å². The van der Waals surface area contributed by atoms with Crippen molar-refractivity contribution in [1.29, 1.82) is 0 Å². The fourth-order valence-electron chi connectivity index (χ4n) is 1.44. The molecule has 0 amide bonds. The summed E-state index contributed by atoms with van der Waals surface area (Å²) in [5.41, 5.74) is 5.33. The largest absolute Gasteiger partial charge is 0.396 e. The number of aliphatic hydroxyl groups is 1. The molecule has 1 saturated carbocycles. The van der Waals surface area contributed by atoms with E-state index in [9.17, 15) is 8.42 Å². The van der Waals surface area contributed by atoms with Crippen LogP contribution in [0, 0.1) is 5.92 Å². The van der Waals surface area contributed by atoms with Crippen LogP contribution in [0.15, 0.2) is 0 Å². The maximum atomic E-state index is 11.1. The zero-order valence-electron chi connectivity index (χ0n) is 6.45. The van der Waals surface area contributed by atoms with Gasteiger partial charge in [0, 0.05) is 25.3 Å². The lowest BCUT2D eigenvalue weighted by molar-refractivity contribution is 0.271. The molecule has 0 radical (unpaired) electrons. The van der Waals surface area contributed by atoms with Gasteiger partial charge in [-0.3, -0.25) is 0 Å². The van der Waals surface area contributed by atoms with Crippen LogP contribution in [-0.2, 0) is 9.84 Å². The summed E-state index contributed by atoms with van der Waals surface area (Å²) in [7, 11) is -3.09. The van der Waals surface area contributed by atoms with Gasteiger partial charge in [-0.2, -0.15) is 0 Å². The molecule has 0 aromatic heterocycles. The summed E-state index contributed by atoms with van der Waals surface area (Å²) in [6.07, 6.45) is 1.69. The lowest BCUT2D eigenvalue weighted by Gasteiger charge is -2.10. The van der Waals surface area contributed by atoms with Crippen molar-refractivity contribution in [3.05, 3.63) is 0 Å². The third-order valence-corrected chi connectivity index (χ3v) is 4.62. The zero-order chi connectivity index (χ0) is 8.70. The molecule has 1 aliphatic carbocycles. The number of rotatable bonds is 3. The standard InChI is InChI=1S/C6H13NO3S/c1-11(9,10)6(4-7)2-5(6)3-8/h5,8H,2-4,7H2,1H3. The van der Waals surface area contributed by atoms with Crippen LogP contribution in [-0.4, -0.2) is 37.7 Å². The van der Waals surface area contributed by atoms with E-state index in [0.717, 1.165) is 0 Å². The van der Waals surface area contributed by atoms with E-state index < -0.39 is 14.6 Å². The molecule has 0 heterocycles. The molecule has 66 valence electrons. The molecule has 2 unspecified atom stereocenters. The van der Waals surface area contributed by atoms with Crippen LogP contribution < -0.4 is 5.73 Å². The molecule has 0 aliphatic heterocycles. The fourth-order valence-corrected chi connectivity index (χ4v) is 2.93. The van der Waals surface area contributed by atoms with E-state index in [4.69, 9.17) is 10.8 Å². The Labute approximate surface area is 66.3 Å². The van der Waals surface area contributed by atoms with Gasteiger partial charge in [-0.15, -0.1) is 0 Å². The number of sulfone groups is 1. The number of hydrogen-bond acceptors (Lipinski definition) is 4. The van der Waals surface area contributed by atoms with Gasteiger partial charge in [0.05, 0.1) is 4.75 Å². The Bertz CT molecular complexity index is 249. The van der Waals surface area contributed by atoms with Gasteiger partial charge in [0.15, 0.2) is 9.84 Å². The number of aliphatic hydroxyl groups excluding tert-OH is 1. The first-order chi connectivity index (χ1) is 4.98. The topological polar surface area (TPSA) is 80.4 Å². The Morgan fingerprint density at radius 1 is 1.73 bits per heavy atom. The normalized spacial score (nSPS) is 37.2. The van der Waals surface area contributed by atoms with Crippen molar-refractivity contribution in [3.63, 3.8) is 0 Å². The van der Waals surface area contributed by atoms with Gasteiger partial charge in [0.1, 0.15) is 0 Å². The van der Waals surface area contributed by atoms with E-state index in [1.807, 2.05) is 0 Å². The summed E-state index contributed by atoms with van der Waals surface area (Å²) in [6, 6.07) is 0. The minimum atomic E-state index is -3.09. The van der Waals surface area contributed by atoms with E-state index in [1.165, 1.54) is 6.26 Å². The minimum absolute atomic E-state index is 0.0791. The van der Waals surface area contributed by atoms with E-state index in [1.54, 1.807) is 0 Å². The Hall–Kier alpha value is -0.130. The van der Waals surface area contributed by atoms with Gasteiger partial charge >= 0.3 is 0 Å². The van der Waals surface area contributed by atoms with Crippen LogP contribution in [0.4, 0.5) is 0 Å². The maximum Gasteiger partial charge on any atom is 0.154 e. The average molecular weight is 179 g/mol. The Morgan fingerprint density at radius 3 is 2.36 bits per heavy atom. The van der Waals surface area contributed by atoms with Gasteiger partial charge in [-0.05, 0) is 6.42 Å². The average Bonchev–Trinajstić information content (AvgIpc) is 2.60. The lowest BCUT2D eigenvalue weighted by Crippen LogP contribution is -2.34. The van der Waals surface area contributed by atoms with Gasteiger partial charge < -0.3 is 10.8 Å². The number of nitrogens with two attached hydrogens (primary N) is 1. The van der Waals surface area contributed by atoms with E-state index in [0.29, 0.717) is 6.42 Å². The van der Waals surface area contributed by atoms with Crippen LogP contribution in [0.25, 0.3) is 0 Å². The Morgan fingerprint density at radius 2 is 2.27 bits per heavy atom. The molecule has 0 spiro atoms. The highest BCUT2D eigenvalue weighted by Crippen LogP contribution is 2.48. The highest BCUT2D eigenvalue weighted by molar-refractivity contribution is 7.92. The second kappa shape index (κ2) is 2.43. The number of hydrogen-bond donors (Lipinski definition) is 2. The van der Waals surface area contributed by atoms with Crippen molar-refractivity contribution < 1.29 is 13.5 Å². The first kappa shape index (κ1) is 8.96. The van der Waals surface area contributed by atoms with Crippen molar-refractivity contribution in [2.75, 3.05) is 19.4 Å². The van der Waals surface area contributed by atoms with Gasteiger partial charge in [-0.1, -0.05) is 0 Å². The molecule has 0 aromatic carbocycles. The van der Waals surface area contributed by atoms with E-state index >= 15 is 0 Å². The molecule has 1 rings (SSSR count). The first-order valence-electron chi connectivity index (χ1n) is 3.48. The lowest BCUT2D eigenvalue weighted by atomic mass is 10.3. The minimum Gasteiger partial charge on any atom is -0.396 e. The molecular weight excluding hydrogens is 166 g/mol. The summed E-state index contributed by atoms with van der Waals surface area (Å²) >= 11 is 0. The zero-order valence-corrected chi connectivity index (χ0v) is 7.26. The third-order valence-electron chi connectivity index (χ3n) is 2.48. The molecule has 1 fully saturated rings. The molecule has 4 nitrogen and oxygen atoms in total. The van der Waals surface area contributed by atoms with Crippen molar-refractivity contribution in [3.8, 4) is 0 Å². The van der Waals surface area contributed by atoms with Crippen LogP contribution in [0.5, 0.6) is 0 Å². The summed E-state index contributed by atoms with van der Waals surface area (Å²) in [5.74, 6) is -0.137. The summed E-state index contributed by atoms with van der Waals surface area (Å²) in [5, 5.41) is 8.72. The first-order valence-corrected chi connectivity index (χ1v) is 5.37. The monoisotopic (exact) mass is 179 g/mol. The van der Waals surface area contributed by atoms with Crippen molar-refractivity contribution in [2.24, 2.45) is 11.7 Å². The molecule has 0 bridgehead atoms. The molecule has 2 atom stereocenters. The van der Waals surface area contributed by atoms with Gasteiger partial charge in [0.25, 0.3) is 0 Å². The van der Waals surface area contributed by atoms with Crippen LogP contribution in [0.3, 0.4) is 0 Å². The van der Waals surface area contributed by atoms with Crippen molar-refractivity contribution in [2.45, 2.75) is 11.2 Å². The van der Waals surface area contributed by atoms with Crippen LogP contribution in [0.2, 0.25) is 0 Å². The van der Waals surface area contributed by atoms with Crippen LogP contribution >= 0.6 is 0 Å².